The van der Waals surface area contributed by atoms with Crippen LogP contribution in [0.5, 0.6) is 0 Å². The summed E-state index contributed by atoms with van der Waals surface area (Å²) in [6.45, 7) is 3.04. The Hall–Kier alpha value is -1.62. The van der Waals surface area contributed by atoms with Crippen molar-refractivity contribution in [1.82, 2.24) is 0 Å². The first-order valence-electron chi connectivity index (χ1n) is 5.52. The lowest BCUT2D eigenvalue weighted by Crippen LogP contribution is -2.14. The van der Waals surface area contributed by atoms with Crippen LogP contribution < -0.4 is 5.73 Å². The molecule has 5 heteroatoms. The highest BCUT2D eigenvalue weighted by molar-refractivity contribution is 5.97. The quantitative estimate of drug-likeness (QED) is 0.263. The maximum Gasteiger partial charge on any atom is 0.170 e. The Morgan fingerprint density at radius 2 is 2.24 bits per heavy atom. The van der Waals surface area contributed by atoms with Gasteiger partial charge < -0.3 is 15.7 Å². The van der Waals surface area contributed by atoms with Crippen molar-refractivity contribution in [2.75, 3.05) is 6.61 Å². The number of nitrogens with zero attached hydrogens (tertiary/aromatic N) is 1. The number of ether oxygens (including phenoxy) is 1. The van der Waals surface area contributed by atoms with E-state index in [1.165, 1.54) is 12.1 Å². The van der Waals surface area contributed by atoms with E-state index in [4.69, 9.17) is 15.7 Å². The minimum absolute atomic E-state index is 0.112. The van der Waals surface area contributed by atoms with Crippen molar-refractivity contribution in [2.45, 2.75) is 26.4 Å². The SMILES string of the molecule is CCCCOCc1cc(F)cc(/C(N)=N/O)c1. The Labute approximate surface area is 99.9 Å². The number of hydrogen-bond acceptors (Lipinski definition) is 3. The molecule has 3 N–H and O–H groups in total. The number of hydrogen-bond donors (Lipinski definition) is 2. The van der Waals surface area contributed by atoms with Gasteiger partial charge in [0.2, 0.25) is 0 Å². The van der Waals surface area contributed by atoms with Crippen molar-refractivity contribution >= 4 is 5.84 Å². The molecule has 0 bridgehead atoms. The van der Waals surface area contributed by atoms with Gasteiger partial charge in [-0.3, -0.25) is 0 Å². The second-order valence-electron chi connectivity index (χ2n) is 3.74. The Morgan fingerprint density at radius 1 is 1.47 bits per heavy atom. The summed E-state index contributed by atoms with van der Waals surface area (Å²) in [4.78, 5) is 0. The number of amidine groups is 1. The van der Waals surface area contributed by atoms with Crippen molar-refractivity contribution in [1.29, 1.82) is 0 Å². The molecular formula is C12H17FN2O2. The molecule has 0 aliphatic rings. The molecule has 0 spiro atoms. The van der Waals surface area contributed by atoms with E-state index in [-0.39, 0.29) is 5.84 Å². The number of oxime groups is 1. The van der Waals surface area contributed by atoms with Crippen LogP contribution in [-0.2, 0) is 11.3 Å². The zero-order valence-corrected chi connectivity index (χ0v) is 9.82. The molecule has 0 heterocycles. The third-order valence-corrected chi connectivity index (χ3v) is 2.27. The summed E-state index contributed by atoms with van der Waals surface area (Å²) in [5.41, 5.74) is 6.42. The van der Waals surface area contributed by atoms with E-state index >= 15 is 0 Å². The van der Waals surface area contributed by atoms with Crippen LogP contribution >= 0.6 is 0 Å². The fourth-order valence-corrected chi connectivity index (χ4v) is 1.38. The normalized spacial score (nSPS) is 11.8. The molecule has 1 rings (SSSR count). The Morgan fingerprint density at radius 3 is 2.88 bits per heavy atom. The first kappa shape index (κ1) is 13.4. The largest absolute Gasteiger partial charge is 0.409 e. The summed E-state index contributed by atoms with van der Waals surface area (Å²) >= 11 is 0. The zero-order chi connectivity index (χ0) is 12.7. The van der Waals surface area contributed by atoms with Crippen LogP contribution in [-0.4, -0.2) is 17.6 Å². The lowest BCUT2D eigenvalue weighted by molar-refractivity contribution is 0.118. The van der Waals surface area contributed by atoms with Crippen molar-refractivity contribution in [2.24, 2.45) is 10.9 Å². The van der Waals surface area contributed by atoms with Gasteiger partial charge in [-0.1, -0.05) is 18.5 Å². The van der Waals surface area contributed by atoms with Gasteiger partial charge in [0.1, 0.15) is 5.82 Å². The standard InChI is InChI=1S/C12H17FN2O2/c1-2-3-4-17-8-9-5-10(12(14)15-16)7-11(13)6-9/h5-7,16H,2-4,8H2,1H3,(H2,14,15). The average Bonchev–Trinajstić information content (AvgIpc) is 2.33. The minimum Gasteiger partial charge on any atom is -0.409 e. The van der Waals surface area contributed by atoms with Gasteiger partial charge in [-0.05, 0) is 30.2 Å². The fraction of sp³-hybridized carbons (Fsp3) is 0.417. The van der Waals surface area contributed by atoms with Crippen LogP contribution in [0.15, 0.2) is 23.4 Å². The minimum atomic E-state index is -0.428. The van der Waals surface area contributed by atoms with Crippen molar-refractivity contribution in [3.05, 3.63) is 35.1 Å². The molecule has 0 fully saturated rings. The summed E-state index contributed by atoms with van der Waals surface area (Å²) in [6, 6.07) is 4.23. The molecule has 94 valence electrons. The smallest absolute Gasteiger partial charge is 0.170 e. The molecule has 0 saturated heterocycles. The second-order valence-corrected chi connectivity index (χ2v) is 3.74. The number of benzene rings is 1. The molecule has 0 unspecified atom stereocenters. The first-order chi connectivity index (χ1) is 8.17. The van der Waals surface area contributed by atoms with Crippen LogP contribution in [0, 0.1) is 5.82 Å². The van der Waals surface area contributed by atoms with E-state index in [9.17, 15) is 4.39 Å². The molecule has 0 saturated carbocycles. The van der Waals surface area contributed by atoms with Gasteiger partial charge in [-0.25, -0.2) is 4.39 Å². The van der Waals surface area contributed by atoms with E-state index in [1.54, 1.807) is 6.07 Å². The predicted octanol–water partition coefficient (Wildman–Crippen LogP) is 2.24. The van der Waals surface area contributed by atoms with Gasteiger partial charge in [0, 0.05) is 12.2 Å². The molecule has 1 aromatic rings. The fourth-order valence-electron chi connectivity index (χ4n) is 1.38. The molecule has 0 aromatic heterocycles. The van der Waals surface area contributed by atoms with Gasteiger partial charge in [0.05, 0.1) is 6.61 Å². The zero-order valence-electron chi connectivity index (χ0n) is 9.82. The highest BCUT2D eigenvalue weighted by Crippen LogP contribution is 2.10. The summed E-state index contributed by atoms with van der Waals surface area (Å²) in [6.07, 6.45) is 2.03. The van der Waals surface area contributed by atoms with Crippen molar-refractivity contribution in [3.63, 3.8) is 0 Å². The van der Waals surface area contributed by atoms with E-state index in [0.717, 1.165) is 12.8 Å². The van der Waals surface area contributed by atoms with Gasteiger partial charge in [-0.15, -0.1) is 0 Å². The van der Waals surface area contributed by atoms with E-state index in [0.29, 0.717) is 24.3 Å². The first-order valence-corrected chi connectivity index (χ1v) is 5.52. The number of rotatable bonds is 6. The van der Waals surface area contributed by atoms with Gasteiger partial charge in [0.15, 0.2) is 5.84 Å². The molecule has 0 radical (unpaired) electrons. The summed E-state index contributed by atoms with van der Waals surface area (Å²) in [5, 5.41) is 11.4. The molecule has 0 aliphatic heterocycles. The highest BCUT2D eigenvalue weighted by atomic mass is 19.1. The van der Waals surface area contributed by atoms with Crippen LogP contribution in [0.1, 0.15) is 30.9 Å². The van der Waals surface area contributed by atoms with E-state index < -0.39 is 5.82 Å². The van der Waals surface area contributed by atoms with Crippen LogP contribution in [0.25, 0.3) is 0 Å². The lowest BCUT2D eigenvalue weighted by Gasteiger charge is -2.06. The molecule has 4 nitrogen and oxygen atoms in total. The second kappa shape index (κ2) is 6.85. The molecule has 0 amide bonds. The molecule has 1 aromatic carbocycles. The molecule has 0 atom stereocenters. The van der Waals surface area contributed by atoms with Gasteiger partial charge >= 0.3 is 0 Å². The lowest BCUT2D eigenvalue weighted by atomic mass is 10.1. The predicted molar refractivity (Wildman–Crippen MR) is 63.5 cm³/mol. The Balaban J connectivity index is 2.69. The maximum absolute atomic E-state index is 13.3. The monoisotopic (exact) mass is 240 g/mol. The van der Waals surface area contributed by atoms with Gasteiger partial charge in [0.25, 0.3) is 0 Å². The van der Waals surface area contributed by atoms with Crippen LogP contribution in [0.2, 0.25) is 0 Å². The van der Waals surface area contributed by atoms with E-state index in [1.807, 2.05) is 0 Å². The number of unbranched alkanes of at least 4 members (excludes halogenated alkanes) is 1. The third-order valence-electron chi connectivity index (χ3n) is 2.27. The van der Waals surface area contributed by atoms with Crippen LogP contribution in [0.4, 0.5) is 4.39 Å². The number of halogens is 1. The molecule has 17 heavy (non-hydrogen) atoms. The third kappa shape index (κ3) is 4.40. The average molecular weight is 240 g/mol. The summed E-state index contributed by atoms with van der Waals surface area (Å²) < 4.78 is 18.6. The molecule has 0 aliphatic carbocycles. The summed E-state index contributed by atoms with van der Waals surface area (Å²) in [5.74, 6) is -0.539. The maximum atomic E-state index is 13.3. The highest BCUT2D eigenvalue weighted by Gasteiger charge is 2.04. The number of nitrogens with two attached hydrogens (primary N) is 1. The van der Waals surface area contributed by atoms with Crippen LogP contribution in [0.3, 0.4) is 0 Å². The molecular weight excluding hydrogens is 223 g/mol. The Bertz CT molecular complexity index is 394. The summed E-state index contributed by atoms with van der Waals surface area (Å²) in [7, 11) is 0. The Kier molecular flexibility index (Phi) is 5.42. The van der Waals surface area contributed by atoms with Crippen molar-refractivity contribution < 1.29 is 14.3 Å². The van der Waals surface area contributed by atoms with Crippen molar-refractivity contribution in [3.8, 4) is 0 Å². The van der Waals surface area contributed by atoms with E-state index in [2.05, 4.69) is 12.1 Å². The topological polar surface area (TPSA) is 67.8 Å². The van der Waals surface area contributed by atoms with Gasteiger partial charge in [-0.2, -0.15) is 0 Å².